The van der Waals surface area contributed by atoms with E-state index in [1.54, 1.807) is 13.8 Å². The minimum Gasteiger partial charge on any atom is -0.361 e. The third-order valence-corrected chi connectivity index (χ3v) is 3.70. The van der Waals surface area contributed by atoms with Crippen LogP contribution in [-0.4, -0.2) is 34.4 Å². The molecule has 104 valence electrons. The van der Waals surface area contributed by atoms with Crippen molar-refractivity contribution in [1.29, 1.82) is 0 Å². The number of hydrogen-bond acceptors (Lipinski definition) is 4. The van der Waals surface area contributed by atoms with E-state index in [0.29, 0.717) is 22.8 Å². The van der Waals surface area contributed by atoms with Gasteiger partial charge in [-0.05, 0) is 19.9 Å². The van der Waals surface area contributed by atoms with Crippen molar-refractivity contribution in [3.63, 3.8) is 0 Å². The Morgan fingerprint density at radius 3 is 2.68 bits per heavy atom. The molecule has 0 unspecified atom stereocenters. The van der Waals surface area contributed by atoms with Gasteiger partial charge in [0.2, 0.25) is 0 Å². The second kappa shape index (κ2) is 4.92. The lowest BCUT2D eigenvalue weighted by atomic mass is 10.2. The zero-order chi connectivity index (χ0) is 14.2. The van der Waals surface area contributed by atoms with Gasteiger partial charge >= 0.3 is 12.1 Å². The van der Waals surface area contributed by atoms with Crippen LogP contribution in [-0.2, 0) is 4.79 Å². The molecule has 0 radical (unpaired) electrons. The van der Waals surface area contributed by atoms with Crippen molar-refractivity contribution in [2.24, 2.45) is 0 Å². The normalized spacial score (nSPS) is 18.4. The molecule has 1 fully saturated rings. The van der Waals surface area contributed by atoms with Gasteiger partial charge in [0.1, 0.15) is 5.76 Å². The Bertz CT molecular complexity index is 517. The van der Waals surface area contributed by atoms with Gasteiger partial charge in [0.25, 0.3) is 0 Å². The van der Waals surface area contributed by atoms with Gasteiger partial charge in [-0.3, -0.25) is 9.69 Å². The fraction of sp³-hybridized carbons (Fsp3) is 0.455. The van der Waals surface area contributed by atoms with Crippen molar-refractivity contribution in [3.8, 4) is 0 Å². The summed E-state index contributed by atoms with van der Waals surface area (Å²) in [5, 5.41) is 4.00. The smallest absolute Gasteiger partial charge is 0.361 e. The van der Waals surface area contributed by atoms with E-state index in [1.165, 1.54) is 17.8 Å². The molecule has 0 bridgehead atoms. The summed E-state index contributed by atoms with van der Waals surface area (Å²) in [6, 6.07) is 0. The number of carbonyl (C=O) groups excluding carboxylic acids is 1. The molecule has 0 spiro atoms. The van der Waals surface area contributed by atoms with Gasteiger partial charge in [-0.1, -0.05) is 5.16 Å². The van der Waals surface area contributed by atoms with Gasteiger partial charge < -0.3 is 4.52 Å². The Balaban J connectivity index is 2.32. The molecule has 1 amide bonds. The quantitative estimate of drug-likeness (QED) is 0.798. The second-order valence-corrected chi connectivity index (χ2v) is 5.14. The zero-order valence-corrected chi connectivity index (χ0v) is 11.1. The van der Waals surface area contributed by atoms with Crippen molar-refractivity contribution < 1.29 is 22.5 Å². The van der Waals surface area contributed by atoms with Gasteiger partial charge in [-0.2, -0.15) is 13.2 Å². The lowest BCUT2D eigenvalue weighted by Crippen LogP contribution is -2.38. The number of amides is 1. The SMILES string of the molecule is Cc1noc(C)c1/C=C1/SCCN1C(=O)C(F)(F)F. The molecule has 1 aliphatic rings. The van der Waals surface area contributed by atoms with Crippen LogP contribution in [0.2, 0.25) is 0 Å². The van der Waals surface area contributed by atoms with Crippen molar-refractivity contribution in [2.45, 2.75) is 20.0 Å². The molecule has 1 saturated heterocycles. The maximum atomic E-state index is 12.5. The summed E-state index contributed by atoms with van der Waals surface area (Å²) in [5.74, 6) is -0.885. The number of alkyl halides is 3. The van der Waals surface area contributed by atoms with Crippen LogP contribution in [0.5, 0.6) is 0 Å². The Hall–Kier alpha value is -1.44. The summed E-state index contributed by atoms with van der Waals surface area (Å²) < 4.78 is 42.3. The summed E-state index contributed by atoms with van der Waals surface area (Å²) >= 11 is 1.21. The third kappa shape index (κ3) is 2.78. The Morgan fingerprint density at radius 1 is 1.47 bits per heavy atom. The molecule has 1 aromatic heterocycles. The number of nitrogens with zero attached hydrogens (tertiary/aromatic N) is 2. The van der Waals surface area contributed by atoms with Crippen molar-refractivity contribution in [2.75, 3.05) is 12.3 Å². The summed E-state index contributed by atoms with van der Waals surface area (Å²) in [7, 11) is 0. The largest absolute Gasteiger partial charge is 0.471 e. The van der Waals surface area contributed by atoms with E-state index in [2.05, 4.69) is 5.16 Å². The molecular formula is C11H11F3N2O2S. The van der Waals surface area contributed by atoms with Crippen LogP contribution in [0.4, 0.5) is 13.2 Å². The highest BCUT2D eigenvalue weighted by Crippen LogP contribution is 2.34. The molecule has 2 heterocycles. The molecule has 8 heteroatoms. The van der Waals surface area contributed by atoms with Gasteiger partial charge in [0.05, 0.1) is 10.7 Å². The minimum atomic E-state index is -4.86. The third-order valence-electron chi connectivity index (χ3n) is 2.67. The molecule has 2 rings (SSSR count). The molecule has 0 aromatic carbocycles. The van der Waals surface area contributed by atoms with E-state index in [4.69, 9.17) is 4.52 Å². The lowest BCUT2D eigenvalue weighted by molar-refractivity contribution is -0.182. The van der Waals surface area contributed by atoms with Crippen LogP contribution in [0.3, 0.4) is 0 Å². The molecule has 0 atom stereocenters. The monoisotopic (exact) mass is 292 g/mol. The predicted octanol–water partition coefficient (Wildman–Crippen LogP) is 2.73. The first-order valence-electron chi connectivity index (χ1n) is 5.46. The van der Waals surface area contributed by atoms with Crippen LogP contribution in [0, 0.1) is 13.8 Å². The number of carbonyl (C=O) groups is 1. The summed E-state index contributed by atoms with van der Waals surface area (Å²) in [6.07, 6.45) is -3.34. The average molecular weight is 292 g/mol. The van der Waals surface area contributed by atoms with E-state index >= 15 is 0 Å². The van der Waals surface area contributed by atoms with Crippen LogP contribution >= 0.6 is 11.8 Å². The summed E-state index contributed by atoms with van der Waals surface area (Å²) in [6.45, 7) is 3.42. The Kier molecular flexibility index (Phi) is 3.62. The van der Waals surface area contributed by atoms with Gasteiger partial charge in [0.15, 0.2) is 0 Å². The fourth-order valence-electron chi connectivity index (χ4n) is 1.72. The zero-order valence-electron chi connectivity index (χ0n) is 10.2. The number of hydrogen-bond donors (Lipinski definition) is 0. The number of aromatic nitrogens is 1. The average Bonchev–Trinajstić information content (AvgIpc) is 2.89. The highest BCUT2D eigenvalue weighted by molar-refractivity contribution is 8.03. The van der Waals surface area contributed by atoms with E-state index in [9.17, 15) is 18.0 Å². The van der Waals surface area contributed by atoms with E-state index in [0.717, 1.165) is 4.90 Å². The van der Waals surface area contributed by atoms with E-state index in [1.807, 2.05) is 0 Å². The van der Waals surface area contributed by atoms with E-state index in [-0.39, 0.29) is 11.6 Å². The summed E-state index contributed by atoms with van der Waals surface area (Å²) in [5.41, 5.74) is 1.20. The standard InChI is InChI=1S/C11H11F3N2O2S/c1-6-8(7(2)18-15-6)5-9-16(3-4-19-9)10(17)11(12,13)14/h5H,3-4H2,1-2H3/b9-5+. The highest BCUT2D eigenvalue weighted by atomic mass is 32.2. The molecular weight excluding hydrogens is 281 g/mol. The molecule has 0 aliphatic carbocycles. The van der Waals surface area contributed by atoms with Crippen molar-refractivity contribution >= 4 is 23.7 Å². The topological polar surface area (TPSA) is 46.3 Å². The Labute approximate surface area is 111 Å². The maximum Gasteiger partial charge on any atom is 0.471 e. The number of rotatable bonds is 1. The van der Waals surface area contributed by atoms with Gasteiger partial charge in [-0.25, -0.2) is 0 Å². The highest BCUT2D eigenvalue weighted by Gasteiger charge is 2.44. The van der Waals surface area contributed by atoms with Crippen LogP contribution in [0.25, 0.3) is 6.08 Å². The lowest BCUT2D eigenvalue weighted by Gasteiger charge is -2.18. The van der Waals surface area contributed by atoms with Crippen LogP contribution in [0.15, 0.2) is 9.55 Å². The van der Waals surface area contributed by atoms with E-state index < -0.39 is 12.1 Å². The Morgan fingerprint density at radius 2 is 2.16 bits per heavy atom. The molecule has 4 nitrogen and oxygen atoms in total. The first kappa shape index (κ1) is 14.0. The van der Waals surface area contributed by atoms with Crippen molar-refractivity contribution in [3.05, 3.63) is 22.0 Å². The molecule has 19 heavy (non-hydrogen) atoms. The molecule has 0 saturated carbocycles. The minimum absolute atomic E-state index is 0.0538. The molecule has 1 aromatic rings. The van der Waals surface area contributed by atoms with Gasteiger partial charge in [0, 0.05) is 17.9 Å². The van der Waals surface area contributed by atoms with Crippen LogP contribution < -0.4 is 0 Å². The number of aryl methyl sites for hydroxylation is 2. The first-order chi connectivity index (χ1) is 8.80. The summed E-state index contributed by atoms with van der Waals surface area (Å²) in [4.78, 5) is 12.0. The first-order valence-corrected chi connectivity index (χ1v) is 6.45. The molecule has 0 N–H and O–H groups in total. The maximum absolute atomic E-state index is 12.5. The van der Waals surface area contributed by atoms with Gasteiger partial charge in [-0.15, -0.1) is 11.8 Å². The van der Waals surface area contributed by atoms with Crippen LogP contribution in [0.1, 0.15) is 17.0 Å². The number of halogens is 3. The number of thioether (sulfide) groups is 1. The predicted molar refractivity (Wildman–Crippen MR) is 64.2 cm³/mol. The van der Waals surface area contributed by atoms with Crippen molar-refractivity contribution in [1.82, 2.24) is 10.1 Å². The fourth-order valence-corrected chi connectivity index (χ4v) is 2.74. The molecule has 1 aliphatic heterocycles. The second-order valence-electron chi connectivity index (χ2n) is 4.02.